The molecular weight excluding hydrogens is 617 g/mol. The molecule has 2 aliphatic heterocycles. The second-order valence-corrected chi connectivity index (χ2v) is 14.5. The molecule has 3 aromatic rings. The summed E-state index contributed by atoms with van der Waals surface area (Å²) in [5.74, 6) is 7.16. The molecule has 2 atom stereocenters. The zero-order valence-corrected chi connectivity index (χ0v) is 25.6. The highest BCUT2D eigenvalue weighted by Gasteiger charge is 2.58. The highest BCUT2D eigenvalue weighted by atomic mass is 32.2. The van der Waals surface area contributed by atoms with E-state index >= 15 is 0 Å². The molecule has 10 nitrogen and oxygen atoms in total. The predicted molar refractivity (Wildman–Crippen MR) is 162 cm³/mol. The zero-order chi connectivity index (χ0) is 31.3. The highest BCUT2D eigenvalue weighted by molar-refractivity contribution is 8.00. The first kappa shape index (κ1) is 30.4. The number of rotatable bonds is 8. The van der Waals surface area contributed by atoms with Crippen LogP contribution in [0.25, 0.3) is 5.52 Å². The minimum Gasteiger partial charge on any atom is -0.495 e. The molecule has 15 heteroatoms. The third-order valence-corrected chi connectivity index (χ3v) is 11.0. The van der Waals surface area contributed by atoms with Crippen LogP contribution in [-0.2, 0) is 9.84 Å². The van der Waals surface area contributed by atoms with E-state index in [-0.39, 0.29) is 57.9 Å². The number of thioether (sulfide) groups is 1. The van der Waals surface area contributed by atoms with Crippen molar-refractivity contribution in [1.82, 2.24) is 19.8 Å². The van der Waals surface area contributed by atoms with Gasteiger partial charge in [-0.3, -0.25) is 9.69 Å². The number of carbonyl (C=O) groups is 1. The average molecular weight is 649 g/mol. The van der Waals surface area contributed by atoms with Crippen molar-refractivity contribution >= 4 is 44.5 Å². The lowest BCUT2D eigenvalue weighted by molar-refractivity contribution is -0.0327. The molecule has 3 fully saturated rings. The summed E-state index contributed by atoms with van der Waals surface area (Å²) < 4.78 is 71.0. The Kier molecular flexibility index (Phi) is 7.87. The Morgan fingerprint density at radius 1 is 1.25 bits per heavy atom. The predicted octanol–water partition coefficient (Wildman–Crippen LogP) is 3.45. The number of likely N-dealkylation sites (tertiary alicyclic amines) is 1. The Morgan fingerprint density at radius 2 is 2.05 bits per heavy atom. The number of halogens is 3. The quantitative estimate of drug-likeness (QED) is 0.250. The summed E-state index contributed by atoms with van der Waals surface area (Å²) in [6, 6.07) is 10.0. The van der Waals surface area contributed by atoms with Gasteiger partial charge in [0, 0.05) is 37.3 Å². The Morgan fingerprint density at radius 3 is 2.73 bits per heavy atom. The van der Waals surface area contributed by atoms with E-state index < -0.39 is 15.3 Å². The number of hydrogen-bond donors (Lipinski definition) is 3. The number of hydrogen-bond acceptors (Lipinski definition) is 9. The molecule has 4 heterocycles. The largest absolute Gasteiger partial charge is 0.495 e. The number of nitrogens with zero attached hydrogens (tertiary/aromatic N) is 3. The van der Waals surface area contributed by atoms with Crippen LogP contribution in [0.5, 0.6) is 5.75 Å². The number of aromatic nitrogens is 2. The molecule has 1 amide bonds. The topological polar surface area (TPSA) is 117 Å². The number of anilines is 2. The third kappa shape index (κ3) is 6.15. The van der Waals surface area contributed by atoms with Crippen LogP contribution >= 0.6 is 11.8 Å². The molecule has 2 saturated heterocycles. The van der Waals surface area contributed by atoms with Crippen molar-refractivity contribution < 1.29 is 31.1 Å². The number of amides is 1. The summed E-state index contributed by atoms with van der Waals surface area (Å²) >= 11 is -0.241. The number of sulfone groups is 1. The van der Waals surface area contributed by atoms with Gasteiger partial charge in [0.25, 0.3) is 5.91 Å². The van der Waals surface area contributed by atoms with Crippen LogP contribution in [0.4, 0.5) is 24.7 Å². The van der Waals surface area contributed by atoms with E-state index in [2.05, 4.69) is 37.8 Å². The van der Waals surface area contributed by atoms with Crippen molar-refractivity contribution in [3.05, 3.63) is 47.7 Å². The van der Waals surface area contributed by atoms with E-state index in [1.807, 2.05) is 0 Å². The third-order valence-electron chi connectivity index (χ3n) is 8.41. The second-order valence-electron chi connectivity index (χ2n) is 11.2. The molecule has 0 bridgehead atoms. The van der Waals surface area contributed by atoms with E-state index in [4.69, 9.17) is 4.74 Å². The lowest BCUT2D eigenvalue weighted by Crippen LogP contribution is -2.56. The molecule has 3 aliphatic rings. The summed E-state index contributed by atoms with van der Waals surface area (Å²) in [5, 5.41) is 13.7. The summed E-state index contributed by atoms with van der Waals surface area (Å²) in [6.45, 7) is 1.64. The number of pyridine rings is 1. The van der Waals surface area contributed by atoms with Crippen molar-refractivity contribution in [2.24, 2.45) is 5.92 Å². The van der Waals surface area contributed by atoms with Crippen LogP contribution < -0.4 is 20.7 Å². The lowest BCUT2D eigenvalue weighted by atomic mass is 10.0. The first-order valence-electron chi connectivity index (χ1n) is 14.0. The van der Waals surface area contributed by atoms with Gasteiger partial charge in [0.2, 0.25) is 0 Å². The minimum atomic E-state index is -4.54. The van der Waals surface area contributed by atoms with Gasteiger partial charge in [-0.1, -0.05) is 12.0 Å². The van der Waals surface area contributed by atoms with Gasteiger partial charge in [0.05, 0.1) is 41.3 Å². The molecule has 6 rings (SSSR count). The summed E-state index contributed by atoms with van der Waals surface area (Å²) in [4.78, 5) is 14.1. The normalized spacial score (nSPS) is 22.7. The first-order chi connectivity index (χ1) is 20.9. The number of methoxy groups -OCH3 is 1. The number of alkyl halides is 3. The number of piperidine rings is 1. The fourth-order valence-corrected chi connectivity index (χ4v) is 8.20. The van der Waals surface area contributed by atoms with Gasteiger partial charge in [0.15, 0.2) is 9.84 Å². The summed E-state index contributed by atoms with van der Waals surface area (Å²) in [7, 11) is 0.0928. The first-order valence-corrected chi connectivity index (χ1v) is 16.7. The van der Waals surface area contributed by atoms with Crippen molar-refractivity contribution in [3.8, 4) is 17.6 Å². The molecule has 0 spiro atoms. The molecule has 0 unspecified atom stereocenters. The van der Waals surface area contributed by atoms with E-state index in [9.17, 15) is 26.4 Å². The number of nitrogens with one attached hydrogen (secondary N) is 3. The standard InChI is InChI=1S/C29H31F3N6O4S2/c1-33-27(39)18-8-9-21(24(13-18)42-2)34-11-4-5-22-26(43-29(30,31)32)23-6-3-7-25(38(23)36-22)35-28-10-12-37(15-19(28)14-28)20-16-44(40,41)17-20/h3,6-9,13,19-20,34-35H,10-12,14-17H2,1-2H3,(H,33,39)/t19-,28+/m1/s1. The maximum absolute atomic E-state index is 13.6. The van der Waals surface area contributed by atoms with Crippen molar-refractivity contribution in [2.45, 2.75) is 34.8 Å². The van der Waals surface area contributed by atoms with Gasteiger partial charge < -0.3 is 20.7 Å². The second kappa shape index (κ2) is 11.4. The van der Waals surface area contributed by atoms with Gasteiger partial charge in [-0.15, -0.1) is 0 Å². The highest BCUT2D eigenvalue weighted by Crippen LogP contribution is 2.52. The van der Waals surface area contributed by atoms with Crippen LogP contribution in [0.2, 0.25) is 0 Å². The molecule has 1 saturated carbocycles. The Labute approximate surface area is 257 Å². The Bertz CT molecular complexity index is 1770. The molecule has 44 heavy (non-hydrogen) atoms. The average Bonchev–Trinajstić information content (AvgIpc) is 3.58. The monoisotopic (exact) mass is 648 g/mol. The van der Waals surface area contributed by atoms with E-state index in [1.165, 1.54) is 18.7 Å². The van der Waals surface area contributed by atoms with E-state index in [0.29, 0.717) is 34.3 Å². The van der Waals surface area contributed by atoms with Crippen molar-refractivity contribution in [1.29, 1.82) is 0 Å². The number of carbonyl (C=O) groups excluding carboxylic acids is 1. The van der Waals surface area contributed by atoms with Gasteiger partial charge in [-0.05, 0) is 66.8 Å². The molecule has 3 N–H and O–H groups in total. The minimum absolute atomic E-state index is 0.0103. The fourth-order valence-electron chi connectivity index (χ4n) is 6.02. The molecule has 234 valence electrons. The van der Waals surface area contributed by atoms with Crippen LogP contribution in [0, 0.1) is 17.8 Å². The number of benzene rings is 1. The van der Waals surface area contributed by atoms with Crippen LogP contribution in [-0.4, -0.2) is 91.2 Å². The van der Waals surface area contributed by atoms with E-state index in [0.717, 1.165) is 25.9 Å². The molecule has 1 aliphatic carbocycles. The van der Waals surface area contributed by atoms with Crippen molar-refractivity contribution in [2.75, 3.05) is 55.9 Å². The van der Waals surface area contributed by atoms with Crippen LogP contribution in [0.3, 0.4) is 0 Å². The SMILES string of the molecule is CNC(=O)c1ccc(NCC#Cc2nn3c(N[C@]45CCN(C6CS(=O)(=O)C6)C[C@H]4C5)cccc3c2SC(F)(F)F)c(OC)c1. The molecule has 0 radical (unpaired) electrons. The lowest BCUT2D eigenvalue weighted by Gasteiger charge is -2.41. The van der Waals surface area contributed by atoms with Gasteiger partial charge in [-0.25, -0.2) is 12.9 Å². The Hall–Kier alpha value is -3.61. The molecular formula is C29H31F3N6O4S2. The maximum Gasteiger partial charge on any atom is 0.446 e. The molecule has 1 aromatic carbocycles. The van der Waals surface area contributed by atoms with E-state index in [1.54, 1.807) is 36.4 Å². The fraction of sp³-hybridized carbons (Fsp3) is 0.448. The van der Waals surface area contributed by atoms with Gasteiger partial charge >= 0.3 is 5.51 Å². The maximum atomic E-state index is 13.6. The van der Waals surface area contributed by atoms with Gasteiger partial charge in [-0.2, -0.15) is 18.3 Å². The van der Waals surface area contributed by atoms with Crippen LogP contribution in [0.1, 0.15) is 28.9 Å². The van der Waals surface area contributed by atoms with Crippen LogP contribution in [0.15, 0.2) is 41.3 Å². The molecule has 2 aromatic heterocycles. The number of fused-ring (bicyclic) bond motifs is 2. The van der Waals surface area contributed by atoms with Crippen molar-refractivity contribution in [3.63, 3.8) is 0 Å². The van der Waals surface area contributed by atoms with Gasteiger partial charge in [0.1, 0.15) is 17.3 Å². The summed E-state index contributed by atoms with van der Waals surface area (Å²) in [6.07, 6.45) is 1.71. The Balaban J connectivity index is 1.20. The summed E-state index contributed by atoms with van der Waals surface area (Å²) in [5.41, 5.74) is -3.44. The number of ether oxygens (including phenoxy) is 1. The smallest absolute Gasteiger partial charge is 0.446 e. The zero-order valence-electron chi connectivity index (χ0n) is 24.0.